The molecule has 0 radical (unpaired) electrons. The second kappa shape index (κ2) is 5.19. The summed E-state index contributed by atoms with van der Waals surface area (Å²) in [4.78, 5) is 12.6. The van der Waals surface area contributed by atoms with Crippen LogP contribution in [0.2, 0.25) is 0 Å². The van der Waals surface area contributed by atoms with Gasteiger partial charge in [-0.05, 0) is 0 Å². The lowest BCUT2D eigenvalue weighted by Gasteiger charge is -2.16. The van der Waals surface area contributed by atoms with Crippen molar-refractivity contribution in [2.75, 3.05) is 12.3 Å². The Labute approximate surface area is 120 Å². The standard InChI is InChI=1S/C12H17N5O4/c1-2-6-15-10(13)7-11(16-6)17(4-14-7)12-9(20)8(19)5(3-18)21-12/h4-5,8-9,12,18-20H,2-3H2,1H3,(H2,13,15,16)/t5-,8?,9?,12-/m1/s1. The van der Waals surface area contributed by atoms with E-state index in [0.717, 1.165) is 0 Å². The number of fused-ring (bicyclic) bond motifs is 1. The lowest BCUT2D eigenvalue weighted by molar-refractivity contribution is -0.0511. The third-order valence-electron chi connectivity index (χ3n) is 3.60. The second-order valence-corrected chi connectivity index (χ2v) is 4.93. The Balaban J connectivity index is 2.07. The van der Waals surface area contributed by atoms with Gasteiger partial charge in [0.05, 0.1) is 12.9 Å². The number of anilines is 1. The molecule has 0 aliphatic carbocycles. The minimum atomic E-state index is -1.19. The quantitative estimate of drug-likeness (QED) is 0.541. The number of ether oxygens (including phenoxy) is 1. The fraction of sp³-hybridized carbons (Fsp3) is 0.583. The molecule has 2 aromatic rings. The zero-order valence-corrected chi connectivity index (χ0v) is 11.4. The molecular formula is C12H17N5O4. The van der Waals surface area contributed by atoms with Gasteiger partial charge in [0.15, 0.2) is 17.7 Å². The fourth-order valence-electron chi connectivity index (χ4n) is 2.44. The van der Waals surface area contributed by atoms with Crippen molar-refractivity contribution in [1.82, 2.24) is 19.5 Å². The van der Waals surface area contributed by atoms with Gasteiger partial charge in [-0.2, -0.15) is 0 Å². The lowest BCUT2D eigenvalue weighted by atomic mass is 10.1. The van der Waals surface area contributed by atoms with Crippen molar-refractivity contribution in [2.24, 2.45) is 0 Å². The Morgan fingerprint density at radius 2 is 2.10 bits per heavy atom. The first kappa shape index (κ1) is 14.1. The first-order valence-electron chi connectivity index (χ1n) is 6.68. The van der Waals surface area contributed by atoms with E-state index in [-0.39, 0.29) is 5.82 Å². The van der Waals surface area contributed by atoms with Crippen LogP contribution in [0.5, 0.6) is 0 Å². The number of nitrogen functional groups attached to an aromatic ring is 1. The number of aryl methyl sites for hydroxylation is 1. The molecule has 4 atom stereocenters. The normalized spacial score (nSPS) is 29.3. The van der Waals surface area contributed by atoms with Gasteiger partial charge in [0, 0.05) is 6.42 Å². The van der Waals surface area contributed by atoms with Crippen molar-refractivity contribution in [3.63, 3.8) is 0 Å². The molecule has 3 rings (SSSR count). The Morgan fingerprint density at radius 3 is 2.71 bits per heavy atom. The zero-order valence-electron chi connectivity index (χ0n) is 11.4. The molecule has 1 aliphatic rings. The first-order chi connectivity index (χ1) is 10.1. The Kier molecular flexibility index (Phi) is 3.49. The molecule has 0 aromatic carbocycles. The van der Waals surface area contributed by atoms with Crippen LogP contribution in [0.4, 0.5) is 5.82 Å². The summed E-state index contributed by atoms with van der Waals surface area (Å²) in [6, 6.07) is 0. The molecule has 0 amide bonds. The predicted molar refractivity (Wildman–Crippen MR) is 72.1 cm³/mol. The molecule has 2 aromatic heterocycles. The van der Waals surface area contributed by atoms with Crippen molar-refractivity contribution in [3.8, 4) is 0 Å². The van der Waals surface area contributed by atoms with Crippen molar-refractivity contribution < 1.29 is 20.1 Å². The van der Waals surface area contributed by atoms with Crippen molar-refractivity contribution >= 4 is 17.0 Å². The Bertz CT molecular complexity index is 660. The van der Waals surface area contributed by atoms with Gasteiger partial charge < -0.3 is 25.8 Å². The highest BCUT2D eigenvalue weighted by molar-refractivity contribution is 5.81. The maximum Gasteiger partial charge on any atom is 0.167 e. The molecule has 0 bridgehead atoms. The summed E-state index contributed by atoms with van der Waals surface area (Å²) in [5, 5.41) is 29.0. The van der Waals surface area contributed by atoms with Crippen LogP contribution < -0.4 is 5.73 Å². The highest BCUT2D eigenvalue weighted by atomic mass is 16.6. The van der Waals surface area contributed by atoms with Crippen LogP contribution in [0, 0.1) is 0 Å². The van der Waals surface area contributed by atoms with Crippen molar-refractivity contribution in [1.29, 1.82) is 0 Å². The Morgan fingerprint density at radius 1 is 1.33 bits per heavy atom. The molecule has 5 N–H and O–H groups in total. The molecule has 21 heavy (non-hydrogen) atoms. The molecule has 2 unspecified atom stereocenters. The average Bonchev–Trinajstić information content (AvgIpc) is 3.02. The van der Waals surface area contributed by atoms with Crippen LogP contribution in [0.3, 0.4) is 0 Å². The molecular weight excluding hydrogens is 278 g/mol. The van der Waals surface area contributed by atoms with Gasteiger partial charge in [-0.1, -0.05) is 6.92 Å². The zero-order chi connectivity index (χ0) is 15.1. The third kappa shape index (κ3) is 2.14. The monoisotopic (exact) mass is 295 g/mol. The van der Waals surface area contributed by atoms with E-state index in [4.69, 9.17) is 15.6 Å². The minimum absolute atomic E-state index is 0.252. The van der Waals surface area contributed by atoms with Crippen molar-refractivity contribution in [3.05, 3.63) is 12.2 Å². The summed E-state index contributed by atoms with van der Waals surface area (Å²) in [6.45, 7) is 1.51. The minimum Gasteiger partial charge on any atom is -0.394 e. The van der Waals surface area contributed by atoms with Crippen LogP contribution in [0.15, 0.2) is 6.33 Å². The highest BCUT2D eigenvalue weighted by Gasteiger charge is 2.44. The number of nitrogens with two attached hydrogens (primary N) is 1. The summed E-state index contributed by atoms with van der Waals surface area (Å²) in [7, 11) is 0. The molecule has 0 spiro atoms. The number of aliphatic hydroxyl groups is 3. The first-order valence-corrected chi connectivity index (χ1v) is 6.68. The van der Waals surface area contributed by atoms with E-state index in [2.05, 4.69) is 15.0 Å². The van der Waals surface area contributed by atoms with Gasteiger partial charge in [-0.25, -0.2) is 15.0 Å². The smallest absolute Gasteiger partial charge is 0.167 e. The van der Waals surface area contributed by atoms with Gasteiger partial charge in [-0.15, -0.1) is 0 Å². The fourth-order valence-corrected chi connectivity index (χ4v) is 2.44. The summed E-state index contributed by atoms with van der Waals surface area (Å²) in [6.07, 6.45) is -2.09. The van der Waals surface area contributed by atoms with Gasteiger partial charge >= 0.3 is 0 Å². The van der Waals surface area contributed by atoms with Crippen LogP contribution in [-0.4, -0.2) is 59.8 Å². The molecule has 1 fully saturated rings. The number of aliphatic hydroxyl groups excluding tert-OH is 3. The predicted octanol–water partition coefficient (Wildman–Crippen LogP) is -1.42. The van der Waals surface area contributed by atoms with E-state index in [1.165, 1.54) is 10.9 Å². The van der Waals surface area contributed by atoms with Crippen molar-refractivity contribution in [2.45, 2.75) is 37.9 Å². The summed E-state index contributed by atoms with van der Waals surface area (Å²) in [5.74, 6) is 0.802. The highest BCUT2D eigenvalue weighted by Crippen LogP contribution is 2.31. The summed E-state index contributed by atoms with van der Waals surface area (Å²) >= 11 is 0. The van der Waals surface area contributed by atoms with E-state index < -0.39 is 31.1 Å². The van der Waals surface area contributed by atoms with E-state index in [9.17, 15) is 10.2 Å². The van der Waals surface area contributed by atoms with Crippen LogP contribution in [-0.2, 0) is 11.2 Å². The van der Waals surface area contributed by atoms with Crippen LogP contribution >= 0.6 is 0 Å². The van der Waals surface area contributed by atoms with Gasteiger partial charge in [0.25, 0.3) is 0 Å². The van der Waals surface area contributed by atoms with E-state index >= 15 is 0 Å². The summed E-state index contributed by atoms with van der Waals surface area (Å²) < 4.78 is 6.97. The molecule has 1 saturated heterocycles. The molecule has 114 valence electrons. The summed E-state index contributed by atoms with van der Waals surface area (Å²) in [5.41, 5.74) is 6.67. The molecule has 3 heterocycles. The lowest BCUT2D eigenvalue weighted by Crippen LogP contribution is -2.33. The van der Waals surface area contributed by atoms with E-state index in [1.54, 1.807) is 0 Å². The number of aromatic nitrogens is 4. The molecule has 0 saturated carbocycles. The third-order valence-corrected chi connectivity index (χ3v) is 3.60. The van der Waals surface area contributed by atoms with E-state index in [1.807, 2.05) is 6.92 Å². The van der Waals surface area contributed by atoms with Gasteiger partial charge in [0.2, 0.25) is 0 Å². The number of nitrogens with zero attached hydrogens (tertiary/aromatic N) is 4. The molecule has 1 aliphatic heterocycles. The van der Waals surface area contributed by atoms with Gasteiger partial charge in [0.1, 0.15) is 29.7 Å². The Hall–Kier alpha value is -1.81. The average molecular weight is 295 g/mol. The van der Waals surface area contributed by atoms with Gasteiger partial charge in [-0.3, -0.25) is 4.57 Å². The number of rotatable bonds is 3. The number of imidazole rings is 1. The van der Waals surface area contributed by atoms with Crippen LogP contribution in [0.1, 0.15) is 19.0 Å². The van der Waals surface area contributed by atoms with Crippen LogP contribution in [0.25, 0.3) is 11.2 Å². The number of hydrogen-bond donors (Lipinski definition) is 4. The topological polar surface area (TPSA) is 140 Å². The largest absolute Gasteiger partial charge is 0.394 e. The SMILES string of the molecule is CCc1nc(N)c2ncn([C@@H]3O[C@H](CO)C(O)C3O)c2n1. The maximum absolute atomic E-state index is 10.1. The molecule has 9 nitrogen and oxygen atoms in total. The molecule has 9 heteroatoms. The maximum atomic E-state index is 10.1. The number of hydrogen-bond acceptors (Lipinski definition) is 8. The second-order valence-electron chi connectivity index (χ2n) is 4.93. The van der Waals surface area contributed by atoms with E-state index in [0.29, 0.717) is 23.4 Å².